The van der Waals surface area contributed by atoms with Gasteiger partial charge in [-0.1, -0.05) is 137 Å². The van der Waals surface area contributed by atoms with Crippen molar-refractivity contribution in [3.63, 3.8) is 0 Å². The van der Waals surface area contributed by atoms with E-state index in [2.05, 4.69) is 161 Å². The summed E-state index contributed by atoms with van der Waals surface area (Å²) in [6, 6.07) is 50.5. The van der Waals surface area contributed by atoms with E-state index in [0.29, 0.717) is 0 Å². The highest BCUT2D eigenvalue weighted by molar-refractivity contribution is 6.17. The lowest BCUT2D eigenvalue weighted by Gasteiger charge is -2.43. The van der Waals surface area contributed by atoms with Gasteiger partial charge in [-0.3, -0.25) is 0 Å². The van der Waals surface area contributed by atoms with Gasteiger partial charge in [0.15, 0.2) is 0 Å². The molecule has 218 valence electrons. The molecule has 0 saturated heterocycles. The van der Waals surface area contributed by atoms with E-state index in [0.717, 1.165) is 0 Å². The normalized spacial score (nSPS) is 15.3. The Morgan fingerprint density at radius 1 is 0.348 bits per heavy atom. The van der Waals surface area contributed by atoms with E-state index in [-0.39, 0.29) is 10.8 Å². The fourth-order valence-corrected chi connectivity index (χ4v) is 9.03. The first-order valence-corrected chi connectivity index (χ1v) is 16.5. The van der Waals surface area contributed by atoms with Crippen LogP contribution in [0.15, 0.2) is 133 Å². The molecular weight excluding hydrogens is 553 g/mol. The zero-order valence-corrected chi connectivity index (χ0v) is 26.7. The van der Waals surface area contributed by atoms with Crippen LogP contribution in [-0.2, 0) is 10.8 Å². The Labute approximate surface area is 270 Å². The van der Waals surface area contributed by atoms with Crippen LogP contribution in [0.1, 0.15) is 49.9 Å². The molecule has 0 heterocycles. The van der Waals surface area contributed by atoms with Crippen LogP contribution in [-0.4, -0.2) is 0 Å². The van der Waals surface area contributed by atoms with Gasteiger partial charge >= 0.3 is 0 Å². The molecule has 0 fully saturated rings. The minimum Gasteiger partial charge on any atom is -0.0616 e. The molecule has 2 aliphatic rings. The molecule has 0 bridgehead atoms. The van der Waals surface area contributed by atoms with Gasteiger partial charge in [0.1, 0.15) is 0 Å². The summed E-state index contributed by atoms with van der Waals surface area (Å²) in [7, 11) is 0. The topological polar surface area (TPSA) is 0 Å². The average Bonchev–Trinajstić information content (AvgIpc) is 3.08. The first kappa shape index (κ1) is 26.1. The second-order valence-corrected chi connectivity index (χ2v) is 14.5. The number of fused-ring (bicyclic) bond motifs is 2. The van der Waals surface area contributed by atoms with Crippen molar-refractivity contribution >= 4 is 43.1 Å². The van der Waals surface area contributed by atoms with Crippen LogP contribution in [0.5, 0.6) is 0 Å². The van der Waals surface area contributed by atoms with Gasteiger partial charge in [0.2, 0.25) is 0 Å². The van der Waals surface area contributed by atoms with E-state index in [1.807, 2.05) is 0 Å². The third-order valence-corrected chi connectivity index (χ3v) is 11.4. The van der Waals surface area contributed by atoms with Gasteiger partial charge in [-0.2, -0.15) is 0 Å². The first-order chi connectivity index (χ1) is 22.3. The van der Waals surface area contributed by atoms with E-state index >= 15 is 0 Å². The summed E-state index contributed by atoms with van der Waals surface area (Å²) in [6.45, 7) is 9.75. The molecule has 0 nitrogen and oxygen atoms in total. The highest BCUT2D eigenvalue weighted by atomic mass is 14.4. The molecule has 0 atom stereocenters. The van der Waals surface area contributed by atoms with Crippen molar-refractivity contribution < 1.29 is 0 Å². The second kappa shape index (κ2) is 8.74. The van der Waals surface area contributed by atoms with Crippen LogP contribution < -0.4 is 0 Å². The third-order valence-electron chi connectivity index (χ3n) is 11.4. The van der Waals surface area contributed by atoms with Gasteiger partial charge in [-0.15, -0.1) is 0 Å². The summed E-state index contributed by atoms with van der Waals surface area (Å²) >= 11 is 0. The highest BCUT2D eigenvalue weighted by Crippen LogP contribution is 2.59. The lowest BCUT2D eigenvalue weighted by atomic mass is 9.59. The van der Waals surface area contributed by atoms with Gasteiger partial charge in [0, 0.05) is 10.8 Å². The number of rotatable bonds is 2. The zero-order chi connectivity index (χ0) is 30.9. The van der Waals surface area contributed by atoms with E-state index in [1.165, 1.54) is 98.7 Å². The molecule has 0 radical (unpaired) electrons. The smallest absolute Gasteiger partial charge is 0.0159 e. The van der Waals surface area contributed by atoms with Crippen LogP contribution >= 0.6 is 0 Å². The molecule has 46 heavy (non-hydrogen) atoms. The Morgan fingerprint density at radius 3 is 1.22 bits per heavy atom. The predicted octanol–water partition coefficient (Wildman–Crippen LogP) is 12.6. The molecule has 8 aromatic rings. The van der Waals surface area contributed by atoms with E-state index < -0.39 is 0 Å². The van der Waals surface area contributed by atoms with Crippen molar-refractivity contribution in [2.45, 2.75) is 38.5 Å². The molecule has 10 rings (SSSR count). The van der Waals surface area contributed by atoms with Crippen molar-refractivity contribution in [1.82, 2.24) is 0 Å². The quantitative estimate of drug-likeness (QED) is 0.189. The Kier molecular flexibility index (Phi) is 4.95. The van der Waals surface area contributed by atoms with Crippen molar-refractivity contribution in [3.05, 3.63) is 156 Å². The summed E-state index contributed by atoms with van der Waals surface area (Å²) in [5.41, 5.74) is 13.5. The minimum absolute atomic E-state index is 0.152. The number of hydrogen-bond acceptors (Lipinski definition) is 0. The summed E-state index contributed by atoms with van der Waals surface area (Å²) in [4.78, 5) is 0. The number of hydrogen-bond donors (Lipinski definition) is 0. The van der Waals surface area contributed by atoms with Crippen molar-refractivity contribution in [3.8, 4) is 33.4 Å². The number of benzene rings is 8. The monoisotopic (exact) mass is 586 g/mol. The zero-order valence-electron chi connectivity index (χ0n) is 26.7. The van der Waals surface area contributed by atoms with E-state index in [9.17, 15) is 0 Å². The molecule has 2 aliphatic carbocycles. The molecule has 0 spiro atoms. The van der Waals surface area contributed by atoms with Crippen LogP contribution in [0, 0.1) is 0 Å². The lowest BCUT2D eigenvalue weighted by Crippen LogP contribution is -2.30. The van der Waals surface area contributed by atoms with Crippen LogP contribution in [0.2, 0.25) is 0 Å². The van der Waals surface area contributed by atoms with Gasteiger partial charge in [-0.25, -0.2) is 0 Å². The largest absolute Gasteiger partial charge is 0.0616 e. The van der Waals surface area contributed by atoms with Gasteiger partial charge in [0.25, 0.3) is 0 Å². The highest BCUT2D eigenvalue weighted by Gasteiger charge is 2.42. The van der Waals surface area contributed by atoms with Gasteiger partial charge in [-0.05, 0) is 123 Å². The Bertz CT molecular complexity index is 2430. The molecule has 0 N–H and O–H groups in total. The van der Waals surface area contributed by atoms with Crippen LogP contribution in [0.25, 0.3) is 76.5 Å². The maximum Gasteiger partial charge on any atom is 0.0159 e. The van der Waals surface area contributed by atoms with Crippen molar-refractivity contribution in [1.29, 1.82) is 0 Å². The molecule has 8 aromatic carbocycles. The van der Waals surface area contributed by atoms with Crippen LogP contribution in [0.4, 0.5) is 0 Å². The third kappa shape index (κ3) is 3.24. The van der Waals surface area contributed by atoms with Crippen LogP contribution in [0.3, 0.4) is 0 Å². The summed E-state index contributed by atoms with van der Waals surface area (Å²) in [5.74, 6) is 0. The fourth-order valence-electron chi connectivity index (χ4n) is 9.03. The maximum absolute atomic E-state index is 2.50. The Balaban J connectivity index is 1.30. The molecule has 0 saturated carbocycles. The Morgan fingerprint density at radius 2 is 0.761 bits per heavy atom. The SMILES string of the molecule is CC1(C)c2ccc3cc(-c4cccc5ccccc45)cc4c3c2-c2c(ccc3cc(-c5cccc6ccccc56)cc1c23)C4(C)C. The Hall–Kier alpha value is -5.20. The summed E-state index contributed by atoms with van der Waals surface area (Å²) < 4.78 is 0. The molecule has 0 aliphatic heterocycles. The second-order valence-electron chi connectivity index (χ2n) is 14.5. The molecule has 0 amide bonds. The fraction of sp³-hybridized carbons (Fsp3) is 0.130. The minimum atomic E-state index is -0.152. The first-order valence-electron chi connectivity index (χ1n) is 16.5. The summed E-state index contributed by atoms with van der Waals surface area (Å²) in [6.07, 6.45) is 0. The van der Waals surface area contributed by atoms with Gasteiger partial charge in [0.05, 0.1) is 0 Å². The molecule has 0 heteroatoms. The predicted molar refractivity (Wildman–Crippen MR) is 197 cm³/mol. The standard InChI is InChI=1S/C46H34/c1-45(2)37-21-19-30-24-32(36-18-10-14-28-12-6-8-16-34(28)36)26-40-42(30)43(37)44-38(46(40,3)4)22-20-29-23-31(25-39(45)41(29)44)35-17-9-13-27-11-5-7-15-33(27)35/h5-26H,1-4H3. The van der Waals surface area contributed by atoms with Crippen molar-refractivity contribution in [2.75, 3.05) is 0 Å². The van der Waals surface area contributed by atoms with E-state index in [1.54, 1.807) is 0 Å². The molecular formula is C46H34. The summed E-state index contributed by atoms with van der Waals surface area (Å²) in [5, 5.41) is 10.7. The lowest BCUT2D eigenvalue weighted by molar-refractivity contribution is 0.628. The molecule has 0 aromatic heterocycles. The molecule has 0 unspecified atom stereocenters. The van der Waals surface area contributed by atoms with Gasteiger partial charge < -0.3 is 0 Å². The van der Waals surface area contributed by atoms with Crippen molar-refractivity contribution in [2.24, 2.45) is 0 Å². The maximum atomic E-state index is 2.50. The van der Waals surface area contributed by atoms with E-state index in [4.69, 9.17) is 0 Å². The average molecular weight is 587 g/mol.